The molecule has 0 aliphatic carbocycles. The second kappa shape index (κ2) is 9.14. The van der Waals surface area contributed by atoms with E-state index in [2.05, 4.69) is 15.0 Å². The summed E-state index contributed by atoms with van der Waals surface area (Å²) in [6.07, 6.45) is -0.722. The van der Waals surface area contributed by atoms with E-state index in [-0.39, 0.29) is 11.8 Å². The van der Waals surface area contributed by atoms with Crippen molar-refractivity contribution in [2.75, 3.05) is 12.9 Å². The topological polar surface area (TPSA) is 132 Å². The predicted molar refractivity (Wildman–Crippen MR) is 104 cm³/mol. The van der Waals surface area contributed by atoms with Crippen molar-refractivity contribution in [2.45, 2.75) is 50.5 Å². The summed E-state index contributed by atoms with van der Waals surface area (Å²) in [5.41, 5.74) is 0.670. The molecule has 0 amide bonds. The lowest BCUT2D eigenvalue weighted by Crippen LogP contribution is -2.40. The molecule has 3 rings (SSSR count). The molecule has 2 aromatic heterocycles. The zero-order valence-electron chi connectivity index (χ0n) is 16.5. The Morgan fingerprint density at radius 1 is 1.13 bits per heavy atom. The van der Waals surface area contributed by atoms with Gasteiger partial charge in [0.15, 0.2) is 34.4 Å². The van der Waals surface area contributed by atoms with Gasteiger partial charge in [-0.2, -0.15) is 0 Å². The Hall–Kier alpha value is -2.44. The number of fused-ring (bicyclic) bond motifs is 1. The second-order valence-electron chi connectivity index (χ2n) is 6.34. The fraction of sp³-hybridized carbons (Fsp3) is 0.529. The van der Waals surface area contributed by atoms with Gasteiger partial charge in [-0.25, -0.2) is 15.0 Å². The first kappa shape index (κ1) is 22.2. The van der Waals surface area contributed by atoms with E-state index in [1.54, 1.807) is 6.26 Å². The van der Waals surface area contributed by atoms with Gasteiger partial charge in [-0.1, -0.05) is 23.4 Å². The summed E-state index contributed by atoms with van der Waals surface area (Å²) in [4.78, 5) is 47.4. The molecule has 30 heavy (non-hydrogen) atoms. The SMILES string of the molecule is CSc1nc(Cl)c2ncn([C@H]3O[C@H](COC(C)=O)[C@@H](OC(C)=O)[C@H]3OC(C)=O)c2n1. The van der Waals surface area contributed by atoms with Crippen molar-refractivity contribution in [3.05, 3.63) is 11.5 Å². The minimum atomic E-state index is -1.05. The van der Waals surface area contributed by atoms with E-state index in [0.717, 1.165) is 0 Å². The summed E-state index contributed by atoms with van der Waals surface area (Å²) in [5.74, 6) is -1.76. The molecule has 1 aliphatic heterocycles. The number of ether oxygens (including phenoxy) is 4. The molecule has 1 aliphatic rings. The molecule has 162 valence electrons. The van der Waals surface area contributed by atoms with E-state index in [0.29, 0.717) is 16.3 Å². The van der Waals surface area contributed by atoms with Crippen LogP contribution in [0.4, 0.5) is 0 Å². The Bertz CT molecular complexity index is 984. The van der Waals surface area contributed by atoms with Crippen molar-refractivity contribution >= 4 is 52.4 Å². The van der Waals surface area contributed by atoms with Crippen LogP contribution >= 0.6 is 23.4 Å². The Morgan fingerprint density at radius 2 is 1.80 bits per heavy atom. The van der Waals surface area contributed by atoms with Crippen LogP contribution in [0.2, 0.25) is 5.15 Å². The minimum absolute atomic E-state index is 0.151. The lowest BCUT2D eigenvalue weighted by Gasteiger charge is -2.23. The first-order valence-corrected chi connectivity index (χ1v) is 10.4. The van der Waals surface area contributed by atoms with Gasteiger partial charge in [0.25, 0.3) is 0 Å². The summed E-state index contributed by atoms with van der Waals surface area (Å²) in [7, 11) is 0. The van der Waals surface area contributed by atoms with Crippen LogP contribution in [-0.2, 0) is 33.3 Å². The van der Waals surface area contributed by atoms with E-state index in [1.165, 1.54) is 43.4 Å². The van der Waals surface area contributed by atoms with Gasteiger partial charge < -0.3 is 18.9 Å². The van der Waals surface area contributed by atoms with E-state index in [9.17, 15) is 14.4 Å². The molecule has 1 fully saturated rings. The standard InChI is InChI=1S/C17H19ClN4O7S/c1-7(23)26-5-10-12(27-8(2)24)13(28-9(3)25)16(29-10)22-6-19-11-14(18)20-17(30-4)21-15(11)22/h6,10,12-13,16H,5H2,1-4H3/t10-,12-,13-,16+/m1/s1. The summed E-state index contributed by atoms with van der Waals surface area (Å²) >= 11 is 7.48. The summed E-state index contributed by atoms with van der Waals surface area (Å²) < 4.78 is 23.3. The number of hydrogen-bond acceptors (Lipinski definition) is 11. The quantitative estimate of drug-likeness (QED) is 0.205. The predicted octanol–water partition coefficient (Wildman–Crippen LogP) is 1.53. The average Bonchev–Trinajstić information content (AvgIpc) is 3.21. The Kier molecular flexibility index (Phi) is 6.78. The van der Waals surface area contributed by atoms with Gasteiger partial charge in [0.1, 0.15) is 18.2 Å². The van der Waals surface area contributed by atoms with E-state index < -0.39 is 42.4 Å². The lowest BCUT2D eigenvalue weighted by atomic mass is 10.1. The molecule has 0 saturated carbocycles. The van der Waals surface area contributed by atoms with Gasteiger partial charge in [-0.05, 0) is 6.26 Å². The van der Waals surface area contributed by atoms with Crippen molar-refractivity contribution in [1.29, 1.82) is 0 Å². The number of imidazole rings is 1. The molecule has 2 aromatic rings. The van der Waals surface area contributed by atoms with Crippen LogP contribution in [0.25, 0.3) is 11.2 Å². The van der Waals surface area contributed by atoms with Gasteiger partial charge in [0.05, 0.1) is 6.33 Å². The van der Waals surface area contributed by atoms with E-state index in [4.69, 9.17) is 30.5 Å². The zero-order chi connectivity index (χ0) is 22.0. The van der Waals surface area contributed by atoms with E-state index >= 15 is 0 Å². The van der Waals surface area contributed by atoms with Gasteiger partial charge in [0, 0.05) is 20.8 Å². The minimum Gasteiger partial charge on any atom is -0.463 e. The number of hydrogen-bond donors (Lipinski definition) is 0. The number of carbonyl (C=O) groups excluding carboxylic acids is 3. The number of halogens is 1. The third kappa shape index (κ3) is 4.65. The average molecular weight is 459 g/mol. The monoisotopic (exact) mass is 458 g/mol. The Morgan fingerprint density at radius 3 is 2.40 bits per heavy atom. The highest BCUT2D eigenvalue weighted by Gasteiger charge is 2.51. The molecular weight excluding hydrogens is 440 g/mol. The molecule has 4 atom stereocenters. The van der Waals surface area contributed by atoms with Crippen molar-refractivity contribution in [2.24, 2.45) is 0 Å². The van der Waals surface area contributed by atoms with Gasteiger partial charge in [0.2, 0.25) is 0 Å². The molecule has 11 nitrogen and oxygen atoms in total. The van der Waals surface area contributed by atoms with Crippen molar-refractivity contribution in [1.82, 2.24) is 19.5 Å². The lowest BCUT2D eigenvalue weighted by molar-refractivity contribution is -0.166. The molecule has 0 radical (unpaired) electrons. The Balaban J connectivity index is 2.05. The highest BCUT2D eigenvalue weighted by molar-refractivity contribution is 7.98. The largest absolute Gasteiger partial charge is 0.463 e. The molecular formula is C17H19ClN4O7S. The smallest absolute Gasteiger partial charge is 0.303 e. The number of aromatic nitrogens is 4. The van der Waals surface area contributed by atoms with Crippen molar-refractivity contribution in [3.63, 3.8) is 0 Å². The van der Waals surface area contributed by atoms with Crippen LogP contribution in [0.15, 0.2) is 11.5 Å². The van der Waals surface area contributed by atoms with Crippen LogP contribution < -0.4 is 0 Å². The highest BCUT2D eigenvalue weighted by atomic mass is 35.5. The number of thioether (sulfide) groups is 1. The number of esters is 3. The molecule has 0 N–H and O–H groups in total. The highest BCUT2D eigenvalue weighted by Crippen LogP contribution is 2.36. The third-order valence-corrected chi connectivity index (χ3v) is 4.97. The number of carbonyl (C=O) groups is 3. The van der Waals surface area contributed by atoms with Crippen molar-refractivity contribution < 1.29 is 33.3 Å². The molecule has 13 heteroatoms. The zero-order valence-corrected chi connectivity index (χ0v) is 18.1. The molecule has 1 saturated heterocycles. The normalized spacial score (nSPS) is 23.4. The number of rotatable bonds is 6. The van der Waals surface area contributed by atoms with Gasteiger partial charge in [-0.3, -0.25) is 19.0 Å². The van der Waals surface area contributed by atoms with Gasteiger partial charge >= 0.3 is 17.9 Å². The van der Waals surface area contributed by atoms with Crippen LogP contribution in [0.5, 0.6) is 0 Å². The fourth-order valence-corrected chi connectivity index (χ4v) is 3.68. The van der Waals surface area contributed by atoms with Gasteiger partial charge in [-0.15, -0.1) is 0 Å². The number of nitrogens with zero attached hydrogens (tertiary/aromatic N) is 4. The summed E-state index contributed by atoms with van der Waals surface area (Å²) in [6.45, 7) is 3.46. The third-order valence-electron chi connectivity index (χ3n) is 4.16. The molecule has 0 aromatic carbocycles. The maximum atomic E-state index is 11.8. The molecule has 0 unspecified atom stereocenters. The van der Waals surface area contributed by atoms with Crippen molar-refractivity contribution in [3.8, 4) is 0 Å². The summed E-state index contributed by atoms with van der Waals surface area (Å²) in [5, 5.41) is 0.558. The maximum absolute atomic E-state index is 11.8. The molecule has 3 heterocycles. The van der Waals surface area contributed by atoms with Crippen LogP contribution in [0.3, 0.4) is 0 Å². The van der Waals surface area contributed by atoms with Crippen LogP contribution in [0.1, 0.15) is 27.0 Å². The second-order valence-corrected chi connectivity index (χ2v) is 7.47. The first-order valence-electron chi connectivity index (χ1n) is 8.78. The van der Waals surface area contributed by atoms with Crippen LogP contribution in [0, 0.1) is 0 Å². The first-order chi connectivity index (χ1) is 14.2. The summed E-state index contributed by atoms with van der Waals surface area (Å²) in [6, 6.07) is 0. The van der Waals surface area contributed by atoms with E-state index in [1.807, 2.05) is 0 Å². The molecule has 0 spiro atoms. The fourth-order valence-electron chi connectivity index (χ4n) is 3.06. The molecule has 0 bridgehead atoms. The maximum Gasteiger partial charge on any atom is 0.303 e. The Labute approximate surface area is 180 Å². The van der Waals surface area contributed by atoms with Crippen LogP contribution in [-0.4, -0.2) is 68.6 Å².